The number of rotatable bonds is 3. The number of aromatic nitrogens is 2. The quantitative estimate of drug-likeness (QED) is 0.880. The van der Waals surface area contributed by atoms with Gasteiger partial charge in [0, 0.05) is 61.4 Å². The fourth-order valence-corrected chi connectivity index (χ4v) is 3.99. The average molecular weight is 294 g/mol. The molecule has 0 saturated carbocycles. The molecule has 1 amide bonds. The Bertz CT molecular complexity index is 430. The van der Waals surface area contributed by atoms with Crippen molar-refractivity contribution in [2.75, 3.05) is 31.1 Å². The van der Waals surface area contributed by atoms with Crippen LogP contribution in [0.1, 0.15) is 30.9 Å². The summed E-state index contributed by atoms with van der Waals surface area (Å²) in [4.78, 5) is 14.5. The summed E-state index contributed by atoms with van der Waals surface area (Å²) in [5, 5.41) is 10.5. The minimum atomic E-state index is 0.300. The maximum absolute atomic E-state index is 12.4. The zero-order valence-electron chi connectivity index (χ0n) is 11.7. The highest BCUT2D eigenvalue weighted by Gasteiger charge is 2.27. The summed E-state index contributed by atoms with van der Waals surface area (Å²) in [6.45, 7) is 2.77. The number of likely N-dealkylation sites (tertiary alicyclic amines) is 1. The lowest BCUT2D eigenvalue weighted by molar-refractivity contribution is -0.132. The van der Waals surface area contributed by atoms with E-state index in [9.17, 15) is 4.79 Å². The summed E-state index contributed by atoms with van der Waals surface area (Å²) in [7, 11) is 0. The van der Waals surface area contributed by atoms with Gasteiger partial charge in [0.2, 0.25) is 5.91 Å². The third kappa shape index (κ3) is 3.35. The minimum Gasteiger partial charge on any atom is -0.342 e. The SMILES string of the molecule is O=C(CC1CSCCN1)N1CCCC(c2ccn[nH]2)C1. The van der Waals surface area contributed by atoms with E-state index in [0.717, 1.165) is 49.7 Å². The molecular weight excluding hydrogens is 272 g/mol. The van der Waals surface area contributed by atoms with Crippen molar-refractivity contribution in [3.63, 3.8) is 0 Å². The summed E-state index contributed by atoms with van der Waals surface area (Å²) in [5.74, 6) is 2.94. The first-order chi connectivity index (χ1) is 9.83. The molecule has 2 atom stereocenters. The number of hydrogen-bond donors (Lipinski definition) is 2. The maximum atomic E-state index is 12.4. The van der Waals surface area contributed by atoms with Crippen LogP contribution < -0.4 is 5.32 Å². The Morgan fingerprint density at radius 2 is 2.50 bits per heavy atom. The molecule has 2 fully saturated rings. The molecule has 2 saturated heterocycles. The van der Waals surface area contributed by atoms with Crippen LogP contribution in [0.4, 0.5) is 0 Å². The van der Waals surface area contributed by atoms with Gasteiger partial charge in [0.05, 0.1) is 0 Å². The van der Waals surface area contributed by atoms with Crippen molar-refractivity contribution in [3.05, 3.63) is 18.0 Å². The second kappa shape index (κ2) is 6.63. The molecule has 2 N–H and O–H groups in total. The molecular formula is C14H22N4OS. The Hall–Kier alpha value is -1.01. The fraction of sp³-hybridized carbons (Fsp3) is 0.714. The predicted octanol–water partition coefficient (Wildman–Crippen LogP) is 1.21. The molecule has 3 rings (SSSR count). The third-order valence-corrected chi connectivity index (χ3v) is 5.29. The number of nitrogens with zero attached hydrogens (tertiary/aromatic N) is 2. The van der Waals surface area contributed by atoms with Gasteiger partial charge >= 0.3 is 0 Å². The molecule has 20 heavy (non-hydrogen) atoms. The number of piperidine rings is 1. The number of carbonyl (C=O) groups excluding carboxylic acids is 1. The van der Waals surface area contributed by atoms with Crippen molar-refractivity contribution in [1.29, 1.82) is 0 Å². The van der Waals surface area contributed by atoms with E-state index in [0.29, 0.717) is 24.3 Å². The van der Waals surface area contributed by atoms with Crippen LogP contribution in [0.25, 0.3) is 0 Å². The molecule has 6 heteroatoms. The molecule has 1 aromatic rings. The summed E-state index contributed by atoms with van der Waals surface area (Å²) >= 11 is 1.94. The summed E-state index contributed by atoms with van der Waals surface area (Å²) in [6, 6.07) is 2.38. The predicted molar refractivity (Wildman–Crippen MR) is 80.9 cm³/mol. The van der Waals surface area contributed by atoms with Gasteiger partial charge in [0.25, 0.3) is 0 Å². The molecule has 5 nitrogen and oxygen atoms in total. The molecule has 110 valence electrons. The first kappa shape index (κ1) is 13.9. The lowest BCUT2D eigenvalue weighted by Crippen LogP contribution is -2.45. The lowest BCUT2D eigenvalue weighted by atomic mass is 9.94. The first-order valence-electron chi connectivity index (χ1n) is 7.41. The average Bonchev–Trinajstić information content (AvgIpc) is 3.03. The molecule has 2 aliphatic rings. The Labute approximate surface area is 123 Å². The lowest BCUT2D eigenvalue weighted by Gasteiger charge is -2.33. The molecule has 2 aliphatic heterocycles. The molecule has 0 aromatic carbocycles. The van der Waals surface area contributed by atoms with E-state index in [-0.39, 0.29) is 0 Å². The van der Waals surface area contributed by atoms with Gasteiger partial charge in [-0.15, -0.1) is 0 Å². The van der Waals surface area contributed by atoms with Crippen LogP contribution in [0.15, 0.2) is 12.3 Å². The molecule has 0 bridgehead atoms. The van der Waals surface area contributed by atoms with Crippen molar-refractivity contribution in [2.45, 2.75) is 31.2 Å². The van der Waals surface area contributed by atoms with E-state index in [1.807, 2.05) is 22.7 Å². The topological polar surface area (TPSA) is 61.0 Å². The fourth-order valence-electron chi connectivity index (χ4n) is 3.04. The van der Waals surface area contributed by atoms with Crippen LogP contribution in [0.3, 0.4) is 0 Å². The van der Waals surface area contributed by atoms with Crippen molar-refractivity contribution >= 4 is 17.7 Å². The largest absolute Gasteiger partial charge is 0.342 e. The Morgan fingerprint density at radius 3 is 3.25 bits per heavy atom. The molecule has 3 heterocycles. The second-order valence-corrected chi connectivity index (χ2v) is 6.77. The maximum Gasteiger partial charge on any atom is 0.224 e. The van der Waals surface area contributed by atoms with E-state index in [2.05, 4.69) is 15.5 Å². The number of nitrogens with one attached hydrogen (secondary N) is 2. The second-order valence-electron chi connectivity index (χ2n) is 5.62. The highest BCUT2D eigenvalue weighted by molar-refractivity contribution is 7.99. The van der Waals surface area contributed by atoms with Gasteiger partial charge in [0.1, 0.15) is 0 Å². The zero-order valence-corrected chi connectivity index (χ0v) is 12.5. The third-order valence-electron chi connectivity index (χ3n) is 4.16. The van der Waals surface area contributed by atoms with Crippen molar-refractivity contribution < 1.29 is 4.79 Å². The van der Waals surface area contributed by atoms with E-state index >= 15 is 0 Å². The number of hydrogen-bond acceptors (Lipinski definition) is 4. The van der Waals surface area contributed by atoms with Crippen molar-refractivity contribution in [3.8, 4) is 0 Å². The van der Waals surface area contributed by atoms with Crippen LogP contribution >= 0.6 is 11.8 Å². The van der Waals surface area contributed by atoms with Crippen LogP contribution in [-0.4, -0.2) is 58.2 Å². The summed E-state index contributed by atoms with van der Waals surface area (Å²) in [5.41, 5.74) is 1.16. The molecule has 0 radical (unpaired) electrons. The normalized spacial score (nSPS) is 27.5. The number of amides is 1. The van der Waals surface area contributed by atoms with E-state index in [1.54, 1.807) is 6.20 Å². The molecule has 0 aliphatic carbocycles. The standard InChI is InChI=1S/C14H22N4OS/c19-14(8-12-10-20-7-5-15-12)18-6-1-2-11(9-18)13-3-4-16-17-13/h3-4,11-12,15H,1-2,5-10H2,(H,16,17). The van der Waals surface area contributed by atoms with E-state index < -0.39 is 0 Å². The van der Waals surface area contributed by atoms with Crippen molar-refractivity contribution in [2.24, 2.45) is 0 Å². The van der Waals surface area contributed by atoms with Gasteiger partial charge in [-0.25, -0.2) is 0 Å². The monoisotopic (exact) mass is 294 g/mol. The van der Waals surface area contributed by atoms with Gasteiger partial charge in [0.15, 0.2) is 0 Å². The van der Waals surface area contributed by atoms with Gasteiger partial charge in [-0.05, 0) is 18.9 Å². The van der Waals surface area contributed by atoms with Crippen molar-refractivity contribution in [1.82, 2.24) is 20.4 Å². The first-order valence-corrected chi connectivity index (χ1v) is 8.56. The Balaban J connectivity index is 1.54. The van der Waals surface area contributed by atoms with E-state index in [4.69, 9.17) is 0 Å². The van der Waals surface area contributed by atoms with Gasteiger partial charge in [-0.1, -0.05) is 0 Å². The summed E-state index contributed by atoms with van der Waals surface area (Å²) < 4.78 is 0. The van der Waals surface area contributed by atoms with Crippen LogP contribution in [0, 0.1) is 0 Å². The number of aromatic amines is 1. The van der Waals surface area contributed by atoms with Crippen LogP contribution in [0.2, 0.25) is 0 Å². The van der Waals surface area contributed by atoms with Gasteiger partial charge < -0.3 is 10.2 Å². The molecule has 2 unspecified atom stereocenters. The Kier molecular flexibility index (Phi) is 4.62. The highest BCUT2D eigenvalue weighted by Crippen LogP contribution is 2.26. The van der Waals surface area contributed by atoms with Gasteiger partial charge in [-0.2, -0.15) is 16.9 Å². The zero-order chi connectivity index (χ0) is 13.8. The van der Waals surface area contributed by atoms with E-state index in [1.165, 1.54) is 0 Å². The summed E-state index contributed by atoms with van der Waals surface area (Å²) in [6.07, 6.45) is 4.66. The minimum absolute atomic E-state index is 0.300. The van der Waals surface area contributed by atoms with Gasteiger partial charge in [-0.3, -0.25) is 9.89 Å². The number of carbonyl (C=O) groups is 1. The highest BCUT2D eigenvalue weighted by atomic mass is 32.2. The Morgan fingerprint density at radius 1 is 1.55 bits per heavy atom. The smallest absolute Gasteiger partial charge is 0.224 e. The van der Waals surface area contributed by atoms with Crippen LogP contribution in [-0.2, 0) is 4.79 Å². The van der Waals surface area contributed by atoms with Crippen LogP contribution in [0.5, 0.6) is 0 Å². The molecule has 1 aromatic heterocycles. The number of H-pyrrole nitrogens is 1. The molecule has 0 spiro atoms. The number of thioether (sulfide) groups is 1.